The molecule has 0 amide bonds. The van der Waals surface area contributed by atoms with Gasteiger partial charge in [-0.15, -0.1) is 0 Å². The predicted octanol–water partition coefficient (Wildman–Crippen LogP) is 0.794. The summed E-state index contributed by atoms with van der Waals surface area (Å²) in [4.78, 5) is 4.81. The zero-order valence-corrected chi connectivity index (χ0v) is 11.1. The maximum absolute atomic E-state index is 6.00. The first-order chi connectivity index (χ1) is 8.08. The number of aromatic nitrogens is 2. The fourth-order valence-electron chi connectivity index (χ4n) is 2.23. The van der Waals surface area contributed by atoms with Crippen LogP contribution in [0.5, 0.6) is 0 Å². The summed E-state index contributed by atoms with van der Waals surface area (Å²) < 4.78 is 2.04. The molecule has 96 valence electrons. The highest BCUT2D eigenvalue weighted by Gasteiger charge is 2.18. The van der Waals surface area contributed by atoms with Crippen molar-refractivity contribution in [2.75, 3.05) is 39.0 Å². The molecule has 2 heterocycles. The molecule has 17 heavy (non-hydrogen) atoms. The van der Waals surface area contributed by atoms with E-state index in [9.17, 15) is 0 Å². The third kappa shape index (κ3) is 2.79. The molecule has 0 unspecified atom stereocenters. The van der Waals surface area contributed by atoms with E-state index in [1.54, 1.807) is 6.20 Å². The zero-order valence-electron chi connectivity index (χ0n) is 11.1. The maximum Gasteiger partial charge on any atom is 0.0756 e. The van der Waals surface area contributed by atoms with Crippen LogP contribution in [0.4, 0.5) is 5.69 Å². The molecule has 0 aliphatic carbocycles. The summed E-state index contributed by atoms with van der Waals surface area (Å²) in [5, 5.41) is 4.35. The van der Waals surface area contributed by atoms with E-state index in [1.807, 2.05) is 4.68 Å². The normalized spacial score (nSPS) is 19.1. The number of nitrogens with two attached hydrogens (primary N) is 1. The highest BCUT2D eigenvalue weighted by atomic mass is 15.3. The molecule has 1 aliphatic rings. The lowest BCUT2D eigenvalue weighted by atomic mass is 10.2. The van der Waals surface area contributed by atoms with Gasteiger partial charge in [-0.25, -0.2) is 0 Å². The average Bonchev–Trinajstić information content (AvgIpc) is 2.64. The molecular formula is C12H23N5. The zero-order chi connectivity index (χ0) is 12.4. The minimum atomic E-state index is 0.370. The molecule has 0 spiro atoms. The van der Waals surface area contributed by atoms with Gasteiger partial charge in [0.05, 0.1) is 17.6 Å². The van der Waals surface area contributed by atoms with Crippen LogP contribution in [0, 0.1) is 0 Å². The predicted molar refractivity (Wildman–Crippen MR) is 69.8 cm³/mol. The summed E-state index contributed by atoms with van der Waals surface area (Å²) in [5.74, 6) is 0. The van der Waals surface area contributed by atoms with Crippen molar-refractivity contribution >= 4 is 5.69 Å². The molecule has 1 fully saturated rings. The third-order valence-electron chi connectivity index (χ3n) is 3.39. The molecule has 5 nitrogen and oxygen atoms in total. The summed E-state index contributed by atoms with van der Waals surface area (Å²) in [6.45, 7) is 9.68. The van der Waals surface area contributed by atoms with Crippen LogP contribution in [0.3, 0.4) is 0 Å². The molecule has 2 N–H and O–H groups in total. The van der Waals surface area contributed by atoms with Crippen molar-refractivity contribution in [2.45, 2.75) is 26.4 Å². The largest absolute Gasteiger partial charge is 0.396 e. The van der Waals surface area contributed by atoms with Gasteiger partial charge in [0.25, 0.3) is 0 Å². The Morgan fingerprint density at radius 3 is 2.53 bits per heavy atom. The van der Waals surface area contributed by atoms with Crippen LogP contribution >= 0.6 is 0 Å². The van der Waals surface area contributed by atoms with E-state index in [-0.39, 0.29) is 0 Å². The second-order valence-corrected chi connectivity index (χ2v) is 5.16. The molecule has 0 saturated carbocycles. The maximum atomic E-state index is 6.00. The molecule has 0 atom stereocenters. The molecular weight excluding hydrogens is 214 g/mol. The summed E-state index contributed by atoms with van der Waals surface area (Å²) in [6.07, 6.45) is 1.77. The van der Waals surface area contributed by atoms with Crippen LogP contribution in [0.15, 0.2) is 6.20 Å². The van der Waals surface area contributed by atoms with Crippen molar-refractivity contribution in [1.29, 1.82) is 0 Å². The van der Waals surface area contributed by atoms with Gasteiger partial charge in [-0.05, 0) is 20.9 Å². The molecule has 1 aliphatic heterocycles. The standard InChI is InChI=1S/C12H23N5/c1-10(2)17-12(11(13)8-14-17)9-16-6-4-15(3)5-7-16/h8,10H,4-7,9,13H2,1-3H3. The lowest BCUT2D eigenvalue weighted by Gasteiger charge is -2.32. The molecule has 2 rings (SSSR count). The van der Waals surface area contributed by atoms with Crippen LogP contribution < -0.4 is 5.73 Å². The average molecular weight is 237 g/mol. The monoisotopic (exact) mass is 237 g/mol. The summed E-state index contributed by atoms with van der Waals surface area (Å²) in [6, 6.07) is 0.370. The van der Waals surface area contributed by atoms with Crippen molar-refractivity contribution < 1.29 is 0 Å². The van der Waals surface area contributed by atoms with Gasteiger partial charge in [-0.3, -0.25) is 9.58 Å². The van der Waals surface area contributed by atoms with Gasteiger partial charge >= 0.3 is 0 Å². The number of hydrogen-bond acceptors (Lipinski definition) is 4. The number of nitrogens with zero attached hydrogens (tertiary/aromatic N) is 4. The Hall–Kier alpha value is -1.07. The Kier molecular flexibility index (Phi) is 3.69. The minimum absolute atomic E-state index is 0.370. The molecule has 1 saturated heterocycles. The van der Waals surface area contributed by atoms with Gasteiger partial charge in [0.2, 0.25) is 0 Å². The van der Waals surface area contributed by atoms with E-state index >= 15 is 0 Å². The number of anilines is 1. The molecule has 1 aromatic heterocycles. The first-order valence-electron chi connectivity index (χ1n) is 6.30. The van der Waals surface area contributed by atoms with E-state index in [0.29, 0.717) is 6.04 Å². The van der Waals surface area contributed by atoms with E-state index < -0.39 is 0 Å². The Morgan fingerprint density at radius 2 is 1.94 bits per heavy atom. The smallest absolute Gasteiger partial charge is 0.0756 e. The Labute approximate surface area is 103 Å². The van der Waals surface area contributed by atoms with Crippen molar-refractivity contribution in [3.05, 3.63) is 11.9 Å². The van der Waals surface area contributed by atoms with Crippen molar-refractivity contribution in [1.82, 2.24) is 19.6 Å². The van der Waals surface area contributed by atoms with Crippen LogP contribution in [-0.4, -0.2) is 52.8 Å². The lowest BCUT2D eigenvalue weighted by molar-refractivity contribution is 0.145. The van der Waals surface area contributed by atoms with E-state index in [0.717, 1.165) is 44.1 Å². The Balaban J connectivity index is 2.05. The van der Waals surface area contributed by atoms with Crippen LogP contribution in [0.2, 0.25) is 0 Å². The lowest BCUT2D eigenvalue weighted by Crippen LogP contribution is -2.44. The van der Waals surface area contributed by atoms with E-state index in [4.69, 9.17) is 5.73 Å². The van der Waals surface area contributed by atoms with Crippen molar-refractivity contribution in [3.8, 4) is 0 Å². The topological polar surface area (TPSA) is 50.3 Å². The number of nitrogen functional groups attached to an aromatic ring is 1. The van der Waals surface area contributed by atoms with Gasteiger partial charge in [0.1, 0.15) is 0 Å². The first kappa shape index (κ1) is 12.4. The Morgan fingerprint density at radius 1 is 1.29 bits per heavy atom. The minimum Gasteiger partial charge on any atom is -0.396 e. The van der Waals surface area contributed by atoms with E-state index in [1.165, 1.54) is 0 Å². The van der Waals surface area contributed by atoms with Crippen LogP contribution in [0.25, 0.3) is 0 Å². The number of hydrogen-bond donors (Lipinski definition) is 1. The van der Waals surface area contributed by atoms with Gasteiger partial charge in [-0.1, -0.05) is 0 Å². The number of rotatable bonds is 3. The quantitative estimate of drug-likeness (QED) is 0.844. The highest BCUT2D eigenvalue weighted by molar-refractivity contribution is 5.41. The molecule has 5 heteroatoms. The fraction of sp³-hybridized carbons (Fsp3) is 0.750. The molecule has 0 radical (unpaired) electrons. The van der Waals surface area contributed by atoms with Gasteiger partial charge in [0.15, 0.2) is 0 Å². The van der Waals surface area contributed by atoms with Crippen molar-refractivity contribution in [2.24, 2.45) is 0 Å². The molecule has 0 aromatic carbocycles. The number of piperazine rings is 1. The third-order valence-corrected chi connectivity index (χ3v) is 3.39. The summed E-state index contributed by atoms with van der Waals surface area (Å²) in [5.41, 5.74) is 7.98. The first-order valence-corrected chi connectivity index (χ1v) is 6.30. The van der Waals surface area contributed by atoms with E-state index in [2.05, 4.69) is 35.8 Å². The van der Waals surface area contributed by atoms with Crippen LogP contribution in [-0.2, 0) is 6.54 Å². The Bertz CT molecular complexity index is 363. The summed E-state index contributed by atoms with van der Waals surface area (Å²) >= 11 is 0. The second kappa shape index (κ2) is 5.06. The number of likely N-dealkylation sites (N-methyl/N-ethyl adjacent to an activating group) is 1. The fourth-order valence-corrected chi connectivity index (χ4v) is 2.23. The highest BCUT2D eigenvalue weighted by Crippen LogP contribution is 2.18. The van der Waals surface area contributed by atoms with Gasteiger partial charge < -0.3 is 10.6 Å². The SMILES string of the molecule is CC(C)n1ncc(N)c1CN1CCN(C)CC1. The second-order valence-electron chi connectivity index (χ2n) is 5.16. The van der Waals surface area contributed by atoms with Crippen molar-refractivity contribution in [3.63, 3.8) is 0 Å². The summed E-state index contributed by atoms with van der Waals surface area (Å²) in [7, 11) is 2.17. The molecule has 0 bridgehead atoms. The van der Waals surface area contributed by atoms with Gasteiger partial charge in [0, 0.05) is 38.8 Å². The van der Waals surface area contributed by atoms with Gasteiger partial charge in [-0.2, -0.15) is 5.10 Å². The van der Waals surface area contributed by atoms with Crippen LogP contribution in [0.1, 0.15) is 25.6 Å². The molecule has 1 aromatic rings.